The molecule has 0 amide bonds. The number of aryl methyl sites for hydroxylation is 1. The molecular formula is C13H11N3. The quantitative estimate of drug-likeness (QED) is 0.827. The van der Waals surface area contributed by atoms with Crippen molar-refractivity contribution in [1.29, 1.82) is 5.26 Å². The van der Waals surface area contributed by atoms with E-state index in [1.54, 1.807) is 18.3 Å². The van der Waals surface area contributed by atoms with Crippen LogP contribution in [0.1, 0.15) is 11.3 Å². The first kappa shape index (κ1) is 10.2. The van der Waals surface area contributed by atoms with Gasteiger partial charge < -0.3 is 5.32 Å². The van der Waals surface area contributed by atoms with Gasteiger partial charge in [-0.1, -0.05) is 0 Å². The molecule has 0 unspecified atom stereocenters. The number of benzene rings is 1. The molecule has 3 heteroatoms. The van der Waals surface area contributed by atoms with E-state index in [9.17, 15) is 0 Å². The van der Waals surface area contributed by atoms with Gasteiger partial charge in [-0.2, -0.15) is 5.26 Å². The molecule has 3 nitrogen and oxygen atoms in total. The second-order valence-corrected chi connectivity index (χ2v) is 3.45. The smallest absolute Gasteiger partial charge is 0.0991 e. The van der Waals surface area contributed by atoms with Crippen molar-refractivity contribution < 1.29 is 0 Å². The van der Waals surface area contributed by atoms with Gasteiger partial charge in [-0.15, -0.1) is 0 Å². The number of aromatic nitrogens is 1. The first-order chi connectivity index (χ1) is 7.79. The Morgan fingerprint density at radius 1 is 1.19 bits per heavy atom. The Bertz CT molecular complexity index is 524. The van der Waals surface area contributed by atoms with Gasteiger partial charge in [0, 0.05) is 11.9 Å². The van der Waals surface area contributed by atoms with E-state index in [0.717, 1.165) is 17.1 Å². The van der Waals surface area contributed by atoms with E-state index in [1.807, 2.05) is 31.2 Å². The molecule has 1 heterocycles. The zero-order valence-electron chi connectivity index (χ0n) is 8.94. The first-order valence-electron chi connectivity index (χ1n) is 4.98. The first-order valence-corrected chi connectivity index (χ1v) is 4.98. The molecule has 0 aliphatic rings. The van der Waals surface area contributed by atoms with Gasteiger partial charge >= 0.3 is 0 Å². The van der Waals surface area contributed by atoms with Crippen LogP contribution in [0.15, 0.2) is 42.6 Å². The predicted octanol–water partition coefficient (Wildman–Crippen LogP) is 3.01. The lowest BCUT2D eigenvalue weighted by Crippen LogP contribution is -1.94. The van der Waals surface area contributed by atoms with Crippen molar-refractivity contribution in [3.8, 4) is 6.07 Å². The highest BCUT2D eigenvalue weighted by Crippen LogP contribution is 2.18. The molecule has 0 atom stereocenters. The highest BCUT2D eigenvalue weighted by atomic mass is 14.9. The summed E-state index contributed by atoms with van der Waals surface area (Å²) in [7, 11) is 0. The summed E-state index contributed by atoms with van der Waals surface area (Å²) in [5, 5.41) is 11.9. The molecule has 16 heavy (non-hydrogen) atoms. The average molecular weight is 209 g/mol. The Kier molecular flexibility index (Phi) is 2.84. The molecule has 0 aliphatic carbocycles. The van der Waals surface area contributed by atoms with Crippen molar-refractivity contribution in [2.24, 2.45) is 0 Å². The number of pyridine rings is 1. The Labute approximate surface area is 94.4 Å². The Hall–Kier alpha value is -2.34. The lowest BCUT2D eigenvalue weighted by Gasteiger charge is -2.08. The van der Waals surface area contributed by atoms with Crippen molar-refractivity contribution in [3.63, 3.8) is 0 Å². The zero-order valence-corrected chi connectivity index (χ0v) is 8.94. The highest BCUT2D eigenvalue weighted by molar-refractivity contribution is 5.61. The van der Waals surface area contributed by atoms with Gasteiger partial charge in [0.25, 0.3) is 0 Å². The molecule has 78 valence electrons. The molecule has 0 spiro atoms. The minimum atomic E-state index is 0.661. The third-order valence-corrected chi connectivity index (χ3v) is 2.30. The summed E-state index contributed by atoms with van der Waals surface area (Å²) in [5.74, 6) is 0. The largest absolute Gasteiger partial charge is 0.354 e. The summed E-state index contributed by atoms with van der Waals surface area (Å²) in [6.07, 6.45) is 1.76. The number of nitriles is 1. The summed E-state index contributed by atoms with van der Waals surface area (Å²) >= 11 is 0. The number of nitrogens with zero attached hydrogens (tertiary/aromatic N) is 2. The minimum absolute atomic E-state index is 0.661. The number of nitrogens with one attached hydrogen (secondary N) is 1. The Morgan fingerprint density at radius 2 is 1.94 bits per heavy atom. The van der Waals surface area contributed by atoms with Crippen LogP contribution in [0, 0.1) is 18.3 Å². The lowest BCUT2D eigenvalue weighted by atomic mass is 10.2. The summed E-state index contributed by atoms with van der Waals surface area (Å²) in [4.78, 5) is 4.19. The number of anilines is 2. The molecule has 0 saturated heterocycles. The van der Waals surface area contributed by atoms with Gasteiger partial charge in [-0.05, 0) is 43.3 Å². The van der Waals surface area contributed by atoms with Gasteiger partial charge in [0.15, 0.2) is 0 Å². The maximum Gasteiger partial charge on any atom is 0.0991 e. The third-order valence-electron chi connectivity index (χ3n) is 2.30. The Balaban J connectivity index is 2.22. The molecular weight excluding hydrogens is 198 g/mol. The predicted molar refractivity (Wildman–Crippen MR) is 63.4 cm³/mol. The van der Waals surface area contributed by atoms with E-state index in [1.165, 1.54) is 0 Å². The maximum absolute atomic E-state index is 8.68. The van der Waals surface area contributed by atoms with Crippen molar-refractivity contribution in [2.75, 3.05) is 5.32 Å². The summed E-state index contributed by atoms with van der Waals surface area (Å²) in [6.45, 7) is 1.95. The lowest BCUT2D eigenvalue weighted by molar-refractivity contribution is 1.20. The van der Waals surface area contributed by atoms with Crippen LogP contribution in [-0.2, 0) is 0 Å². The van der Waals surface area contributed by atoms with Crippen LogP contribution in [0.3, 0.4) is 0 Å². The molecule has 1 aromatic carbocycles. The second-order valence-electron chi connectivity index (χ2n) is 3.45. The van der Waals surface area contributed by atoms with Crippen LogP contribution >= 0.6 is 0 Å². The fourth-order valence-electron chi connectivity index (χ4n) is 1.40. The summed E-state index contributed by atoms with van der Waals surface area (Å²) < 4.78 is 0. The maximum atomic E-state index is 8.68. The zero-order chi connectivity index (χ0) is 11.4. The number of hydrogen-bond acceptors (Lipinski definition) is 3. The van der Waals surface area contributed by atoms with Crippen LogP contribution in [0.5, 0.6) is 0 Å². The monoisotopic (exact) mass is 209 g/mol. The topological polar surface area (TPSA) is 48.7 Å². The molecule has 0 saturated carbocycles. The van der Waals surface area contributed by atoms with Crippen LogP contribution in [0.25, 0.3) is 0 Å². The molecule has 0 aliphatic heterocycles. The van der Waals surface area contributed by atoms with E-state index in [4.69, 9.17) is 5.26 Å². The van der Waals surface area contributed by atoms with E-state index >= 15 is 0 Å². The normalized spacial score (nSPS) is 9.50. The van der Waals surface area contributed by atoms with Gasteiger partial charge in [0.1, 0.15) is 0 Å². The average Bonchev–Trinajstić information content (AvgIpc) is 2.33. The van der Waals surface area contributed by atoms with E-state index in [0.29, 0.717) is 5.56 Å². The molecule has 0 bridgehead atoms. The summed E-state index contributed by atoms with van der Waals surface area (Å²) in [6, 6.07) is 13.3. The number of hydrogen-bond donors (Lipinski definition) is 1. The van der Waals surface area contributed by atoms with E-state index in [-0.39, 0.29) is 0 Å². The van der Waals surface area contributed by atoms with Crippen LogP contribution < -0.4 is 5.32 Å². The fraction of sp³-hybridized carbons (Fsp3) is 0.0769. The standard InChI is InChI=1S/C13H11N3/c1-10-13(3-2-8-15-10)16-12-6-4-11(9-14)5-7-12/h2-8,16H,1H3. The van der Waals surface area contributed by atoms with Gasteiger partial charge in [-0.3, -0.25) is 4.98 Å². The summed E-state index contributed by atoms with van der Waals surface area (Å²) in [5.41, 5.74) is 3.54. The van der Waals surface area contributed by atoms with Crippen LogP contribution in [0.2, 0.25) is 0 Å². The molecule has 1 N–H and O–H groups in total. The van der Waals surface area contributed by atoms with Crippen LogP contribution in [0.4, 0.5) is 11.4 Å². The minimum Gasteiger partial charge on any atom is -0.354 e. The molecule has 0 radical (unpaired) electrons. The second kappa shape index (κ2) is 4.45. The molecule has 1 aromatic heterocycles. The molecule has 2 rings (SSSR count). The SMILES string of the molecule is Cc1ncccc1Nc1ccc(C#N)cc1. The highest BCUT2D eigenvalue weighted by Gasteiger charge is 1.98. The fourth-order valence-corrected chi connectivity index (χ4v) is 1.40. The van der Waals surface area contributed by atoms with Gasteiger partial charge in [-0.25, -0.2) is 0 Å². The van der Waals surface area contributed by atoms with E-state index in [2.05, 4.69) is 16.4 Å². The van der Waals surface area contributed by atoms with Crippen LogP contribution in [-0.4, -0.2) is 4.98 Å². The Morgan fingerprint density at radius 3 is 2.56 bits per heavy atom. The van der Waals surface area contributed by atoms with Crippen molar-refractivity contribution in [3.05, 3.63) is 53.9 Å². The van der Waals surface area contributed by atoms with E-state index < -0.39 is 0 Å². The van der Waals surface area contributed by atoms with Gasteiger partial charge in [0.2, 0.25) is 0 Å². The van der Waals surface area contributed by atoms with Crippen molar-refractivity contribution >= 4 is 11.4 Å². The van der Waals surface area contributed by atoms with Crippen molar-refractivity contribution in [1.82, 2.24) is 4.98 Å². The molecule has 2 aromatic rings. The van der Waals surface area contributed by atoms with Crippen molar-refractivity contribution in [2.45, 2.75) is 6.92 Å². The van der Waals surface area contributed by atoms with Gasteiger partial charge in [0.05, 0.1) is 23.0 Å². The third kappa shape index (κ3) is 2.18. The number of rotatable bonds is 2. The molecule has 0 fully saturated rings.